The van der Waals surface area contributed by atoms with Gasteiger partial charge in [0, 0.05) is 24.3 Å². The summed E-state index contributed by atoms with van der Waals surface area (Å²) in [5.74, 6) is -1.50. The molecule has 12 nitrogen and oxygen atoms in total. The standard InChI is InChI=1S/C29H40N4O8/c1-6-33(7-2)27(39)32-29(18(5)35)23(30)24(31-20-12-9-11-19(14-20)17(4)34)28(40,26(29)38)15-41-25(37)22-16(3)10-8-13-21(22)36/h8-14,18,23-24,26,31,35-36,38,40H,6-7,15,30H2,1-5H3,(H,32,39)/t18-,23-,24-,26-,28+,29-/m0/s1. The molecule has 0 spiro atoms. The number of aryl methyl sites for hydroxylation is 1. The van der Waals surface area contributed by atoms with Crippen LogP contribution in [0.5, 0.6) is 5.75 Å². The minimum absolute atomic E-state index is 0.122. The van der Waals surface area contributed by atoms with Gasteiger partial charge in [-0.25, -0.2) is 9.59 Å². The van der Waals surface area contributed by atoms with Gasteiger partial charge in [-0.3, -0.25) is 4.79 Å². The predicted octanol–water partition coefficient (Wildman–Crippen LogP) is 1.14. The molecule has 2 aromatic rings. The highest BCUT2D eigenvalue weighted by atomic mass is 16.5. The Morgan fingerprint density at radius 2 is 1.78 bits per heavy atom. The lowest BCUT2D eigenvalue weighted by atomic mass is 9.84. The van der Waals surface area contributed by atoms with Crippen molar-refractivity contribution in [3.8, 4) is 5.75 Å². The molecule has 0 heterocycles. The van der Waals surface area contributed by atoms with Gasteiger partial charge in [-0.05, 0) is 58.4 Å². The van der Waals surface area contributed by atoms with E-state index in [4.69, 9.17) is 10.5 Å². The molecule has 1 aliphatic rings. The fourth-order valence-corrected chi connectivity index (χ4v) is 5.45. The van der Waals surface area contributed by atoms with Crippen LogP contribution in [-0.2, 0) is 4.74 Å². The number of carbonyl (C=O) groups excluding carboxylic acids is 3. The van der Waals surface area contributed by atoms with Crippen molar-refractivity contribution in [1.82, 2.24) is 10.2 Å². The number of carbonyl (C=O) groups is 3. The first-order chi connectivity index (χ1) is 19.2. The lowest BCUT2D eigenvalue weighted by Crippen LogP contribution is -2.71. The molecule has 0 aromatic heterocycles. The van der Waals surface area contributed by atoms with Crippen molar-refractivity contribution in [2.45, 2.75) is 70.1 Å². The van der Waals surface area contributed by atoms with Gasteiger partial charge in [0.25, 0.3) is 0 Å². The first-order valence-corrected chi connectivity index (χ1v) is 13.5. The van der Waals surface area contributed by atoms with Crippen molar-refractivity contribution in [3.63, 3.8) is 0 Å². The van der Waals surface area contributed by atoms with Crippen molar-refractivity contribution in [2.24, 2.45) is 5.73 Å². The van der Waals surface area contributed by atoms with Gasteiger partial charge in [-0.15, -0.1) is 0 Å². The average molecular weight is 573 g/mol. The molecule has 0 bridgehead atoms. The summed E-state index contributed by atoms with van der Waals surface area (Å²) in [5.41, 5.74) is 3.29. The van der Waals surface area contributed by atoms with Gasteiger partial charge in [0.05, 0.1) is 18.2 Å². The van der Waals surface area contributed by atoms with Crippen molar-refractivity contribution < 1.29 is 39.5 Å². The lowest BCUT2D eigenvalue weighted by Gasteiger charge is -2.42. The van der Waals surface area contributed by atoms with Crippen LogP contribution < -0.4 is 16.4 Å². The third kappa shape index (κ3) is 5.87. The Morgan fingerprint density at radius 3 is 2.34 bits per heavy atom. The second-order valence-electron chi connectivity index (χ2n) is 10.4. The van der Waals surface area contributed by atoms with Crippen molar-refractivity contribution in [1.29, 1.82) is 0 Å². The summed E-state index contributed by atoms with van der Waals surface area (Å²) in [4.78, 5) is 39.6. The normalized spacial score (nSPS) is 26.2. The summed E-state index contributed by atoms with van der Waals surface area (Å²) in [5, 5.41) is 50.6. The zero-order chi connectivity index (χ0) is 30.7. The van der Waals surface area contributed by atoms with Crippen LogP contribution in [0.15, 0.2) is 42.5 Å². The molecule has 8 N–H and O–H groups in total. The number of phenols is 1. The number of urea groups is 1. The Hall–Kier alpha value is -3.71. The fourth-order valence-electron chi connectivity index (χ4n) is 5.45. The van der Waals surface area contributed by atoms with Crippen LogP contribution in [0.4, 0.5) is 10.5 Å². The number of aromatic hydroxyl groups is 1. The number of phenolic OH excluding ortho intramolecular Hbond substituents is 1. The Morgan fingerprint density at radius 1 is 1.15 bits per heavy atom. The van der Waals surface area contributed by atoms with Crippen LogP contribution in [0.1, 0.15) is 54.0 Å². The number of nitrogens with one attached hydrogen (secondary N) is 2. The molecule has 0 unspecified atom stereocenters. The predicted molar refractivity (Wildman–Crippen MR) is 152 cm³/mol. The van der Waals surface area contributed by atoms with Crippen LogP contribution in [0, 0.1) is 6.92 Å². The summed E-state index contributed by atoms with van der Waals surface area (Å²) in [6.45, 7) is 7.64. The topological polar surface area (TPSA) is 195 Å². The smallest absolute Gasteiger partial charge is 0.342 e. The zero-order valence-electron chi connectivity index (χ0n) is 23.9. The number of hydrogen-bond donors (Lipinski definition) is 7. The largest absolute Gasteiger partial charge is 0.507 e. The monoisotopic (exact) mass is 572 g/mol. The molecule has 3 rings (SSSR count). The average Bonchev–Trinajstić information content (AvgIpc) is 3.07. The van der Waals surface area contributed by atoms with E-state index in [1.165, 1.54) is 30.9 Å². The number of aliphatic hydroxyl groups is 3. The van der Waals surface area contributed by atoms with E-state index in [0.29, 0.717) is 29.9 Å². The van der Waals surface area contributed by atoms with E-state index >= 15 is 0 Å². The van der Waals surface area contributed by atoms with Crippen molar-refractivity contribution in [2.75, 3.05) is 25.0 Å². The minimum atomic E-state index is -2.37. The van der Waals surface area contributed by atoms with Gasteiger partial charge in [-0.2, -0.15) is 0 Å². The number of benzene rings is 2. The summed E-state index contributed by atoms with van der Waals surface area (Å²) in [6, 6.07) is 7.53. The van der Waals surface area contributed by atoms with E-state index in [1.807, 2.05) is 0 Å². The molecule has 1 saturated carbocycles. The number of hydrogen-bond acceptors (Lipinski definition) is 10. The van der Waals surface area contributed by atoms with E-state index in [-0.39, 0.29) is 17.1 Å². The molecule has 12 heteroatoms. The Kier molecular flexibility index (Phi) is 9.65. The third-order valence-electron chi connectivity index (χ3n) is 7.92. The lowest BCUT2D eigenvalue weighted by molar-refractivity contribution is -0.125. The highest BCUT2D eigenvalue weighted by molar-refractivity contribution is 5.95. The molecule has 2 aromatic carbocycles. The van der Waals surface area contributed by atoms with Gasteiger partial charge in [0.15, 0.2) is 5.78 Å². The first-order valence-electron chi connectivity index (χ1n) is 13.5. The van der Waals surface area contributed by atoms with E-state index in [9.17, 15) is 34.8 Å². The van der Waals surface area contributed by atoms with Gasteiger partial charge < -0.3 is 46.4 Å². The number of anilines is 1. The summed E-state index contributed by atoms with van der Waals surface area (Å²) >= 11 is 0. The quantitative estimate of drug-likeness (QED) is 0.160. The SMILES string of the molecule is CCN(CC)C(=O)N[C@@]1([C@H](C)O)[C@@H](N)[C@H](Nc2cccc(C(C)=O)c2)[C@](O)(COC(=O)c2c(C)cccc2O)[C@@H]1O. The number of esters is 1. The van der Waals surface area contributed by atoms with E-state index in [1.54, 1.807) is 51.1 Å². The van der Waals surface area contributed by atoms with Crippen LogP contribution in [0.3, 0.4) is 0 Å². The second kappa shape index (κ2) is 12.4. The molecule has 6 atom stereocenters. The zero-order valence-corrected chi connectivity index (χ0v) is 23.9. The van der Waals surface area contributed by atoms with Crippen LogP contribution in [0.2, 0.25) is 0 Å². The Labute approximate surface area is 239 Å². The molecule has 0 aliphatic heterocycles. The molecule has 224 valence electrons. The number of Topliss-reactive ketones (excluding diaryl/α,β-unsaturated/α-hetero) is 1. The molecule has 0 saturated heterocycles. The number of amides is 2. The Balaban J connectivity index is 2.08. The van der Waals surface area contributed by atoms with Crippen LogP contribution in [-0.4, -0.2) is 98.2 Å². The maximum atomic E-state index is 13.2. The molecule has 0 radical (unpaired) electrons. The molecular formula is C29H40N4O8. The Bertz CT molecular complexity index is 1260. The van der Waals surface area contributed by atoms with Crippen molar-refractivity contribution >= 4 is 23.5 Å². The summed E-state index contributed by atoms with van der Waals surface area (Å²) in [7, 11) is 0. The maximum absolute atomic E-state index is 13.2. The summed E-state index contributed by atoms with van der Waals surface area (Å²) in [6.07, 6.45) is -3.43. The van der Waals surface area contributed by atoms with Crippen LogP contribution >= 0.6 is 0 Å². The molecule has 1 aliphatic carbocycles. The summed E-state index contributed by atoms with van der Waals surface area (Å²) < 4.78 is 5.43. The third-order valence-corrected chi connectivity index (χ3v) is 7.92. The van der Waals surface area contributed by atoms with E-state index in [0.717, 1.165) is 0 Å². The van der Waals surface area contributed by atoms with Crippen LogP contribution in [0.25, 0.3) is 0 Å². The van der Waals surface area contributed by atoms with Gasteiger partial charge in [-0.1, -0.05) is 24.3 Å². The highest BCUT2D eigenvalue weighted by Crippen LogP contribution is 2.42. The second-order valence-corrected chi connectivity index (χ2v) is 10.4. The number of ether oxygens (including phenoxy) is 1. The number of aliphatic hydroxyl groups excluding tert-OH is 2. The van der Waals surface area contributed by atoms with E-state index in [2.05, 4.69) is 10.6 Å². The first kappa shape index (κ1) is 31.8. The number of ketones is 1. The molecular weight excluding hydrogens is 532 g/mol. The van der Waals surface area contributed by atoms with Gasteiger partial charge in [0.1, 0.15) is 35.2 Å². The van der Waals surface area contributed by atoms with Gasteiger partial charge >= 0.3 is 12.0 Å². The van der Waals surface area contributed by atoms with Crippen molar-refractivity contribution in [3.05, 3.63) is 59.2 Å². The molecule has 2 amide bonds. The highest BCUT2D eigenvalue weighted by Gasteiger charge is 2.69. The molecule has 41 heavy (non-hydrogen) atoms. The number of nitrogens with zero attached hydrogens (tertiary/aromatic N) is 1. The van der Waals surface area contributed by atoms with E-state index < -0.39 is 54.0 Å². The fraction of sp³-hybridized carbons (Fsp3) is 0.483. The van der Waals surface area contributed by atoms with Gasteiger partial charge in [0.2, 0.25) is 0 Å². The number of rotatable bonds is 10. The molecule has 1 fully saturated rings. The number of nitrogens with two attached hydrogens (primary N) is 1. The minimum Gasteiger partial charge on any atom is -0.507 e. The maximum Gasteiger partial charge on any atom is 0.342 e.